The van der Waals surface area contributed by atoms with Crippen molar-refractivity contribution in [2.75, 3.05) is 31.3 Å². The highest BCUT2D eigenvalue weighted by Crippen LogP contribution is 2.33. The third kappa shape index (κ3) is 7.35. The van der Waals surface area contributed by atoms with Crippen molar-refractivity contribution in [1.29, 1.82) is 0 Å². The van der Waals surface area contributed by atoms with Crippen LogP contribution >= 0.6 is 0 Å². The minimum absolute atomic E-state index is 0.114. The van der Waals surface area contributed by atoms with Crippen LogP contribution in [0.4, 0.5) is 5.69 Å². The zero-order valence-electron chi connectivity index (χ0n) is 21.4. The van der Waals surface area contributed by atoms with Crippen LogP contribution in [-0.2, 0) is 26.2 Å². The Kier molecular flexibility index (Phi) is 9.53. The lowest BCUT2D eigenvalue weighted by Crippen LogP contribution is -2.52. The van der Waals surface area contributed by atoms with Gasteiger partial charge in [0.1, 0.15) is 24.1 Å². The molecule has 10 heteroatoms. The van der Waals surface area contributed by atoms with Crippen LogP contribution in [0.2, 0.25) is 0 Å². The van der Waals surface area contributed by atoms with Gasteiger partial charge in [-0.05, 0) is 51.0 Å². The molecule has 0 bridgehead atoms. The molecular weight excluding hydrogens is 470 g/mol. The van der Waals surface area contributed by atoms with Crippen LogP contribution in [0.15, 0.2) is 42.5 Å². The lowest BCUT2D eigenvalue weighted by atomic mass is 10.1. The molecule has 2 amide bonds. The van der Waals surface area contributed by atoms with E-state index in [-0.39, 0.29) is 29.9 Å². The summed E-state index contributed by atoms with van der Waals surface area (Å²) in [6.07, 6.45) is 1.02. The highest BCUT2D eigenvalue weighted by molar-refractivity contribution is 7.92. The average molecular weight is 506 g/mol. The molecule has 2 aromatic carbocycles. The maximum Gasteiger partial charge on any atom is 0.244 e. The molecule has 1 N–H and O–H groups in total. The topological polar surface area (TPSA) is 105 Å². The van der Waals surface area contributed by atoms with Crippen LogP contribution in [0.1, 0.15) is 31.9 Å². The van der Waals surface area contributed by atoms with Gasteiger partial charge in [0.05, 0.1) is 26.2 Å². The summed E-state index contributed by atoms with van der Waals surface area (Å²) in [5, 5.41) is 2.83. The van der Waals surface area contributed by atoms with Crippen LogP contribution < -0.4 is 19.1 Å². The monoisotopic (exact) mass is 505 g/mol. The van der Waals surface area contributed by atoms with Crippen LogP contribution in [0, 0.1) is 6.92 Å². The van der Waals surface area contributed by atoms with Gasteiger partial charge < -0.3 is 19.7 Å². The minimum Gasteiger partial charge on any atom is -0.497 e. The lowest BCUT2D eigenvalue weighted by Gasteiger charge is -2.32. The molecule has 0 aromatic heterocycles. The van der Waals surface area contributed by atoms with E-state index in [4.69, 9.17) is 9.47 Å². The zero-order valence-corrected chi connectivity index (χ0v) is 22.2. The van der Waals surface area contributed by atoms with Gasteiger partial charge in [-0.1, -0.05) is 24.3 Å². The Morgan fingerprint density at radius 1 is 1.03 bits per heavy atom. The normalized spacial score (nSPS) is 12.1. The number of sulfonamides is 1. The summed E-state index contributed by atoms with van der Waals surface area (Å²) in [7, 11) is -0.989. The number of methoxy groups -OCH3 is 2. The second kappa shape index (κ2) is 11.9. The smallest absolute Gasteiger partial charge is 0.244 e. The van der Waals surface area contributed by atoms with Crippen LogP contribution in [0.3, 0.4) is 0 Å². The van der Waals surface area contributed by atoms with Crippen LogP contribution in [-0.4, -0.2) is 64.2 Å². The SMILES string of the molecule is COc1ccc(N(CC(=O)N(Cc2ccccc2C)C(C)C(=O)NC(C)C)S(C)(=O)=O)c(OC)c1. The maximum absolute atomic E-state index is 13.6. The molecule has 1 atom stereocenters. The number of ether oxygens (including phenoxy) is 2. The Hall–Kier alpha value is -3.27. The Bertz CT molecular complexity index is 1150. The molecule has 0 radical (unpaired) electrons. The summed E-state index contributed by atoms with van der Waals surface area (Å²) in [6, 6.07) is 11.3. The van der Waals surface area contributed by atoms with Gasteiger partial charge in [-0.25, -0.2) is 8.42 Å². The van der Waals surface area contributed by atoms with E-state index >= 15 is 0 Å². The summed E-state index contributed by atoms with van der Waals surface area (Å²) >= 11 is 0. The molecular formula is C25H35N3O6S. The molecule has 0 fully saturated rings. The van der Waals surface area contributed by atoms with E-state index in [1.54, 1.807) is 19.1 Å². The zero-order chi connectivity index (χ0) is 26.3. The molecule has 0 aliphatic carbocycles. The molecule has 192 valence electrons. The van der Waals surface area contributed by atoms with Gasteiger partial charge in [-0.3, -0.25) is 13.9 Å². The number of hydrogen-bond donors (Lipinski definition) is 1. The van der Waals surface area contributed by atoms with Gasteiger partial charge >= 0.3 is 0 Å². The van der Waals surface area contributed by atoms with Crippen molar-refractivity contribution in [3.8, 4) is 11.5 Å². The van der Waals surface area contributed by atoms with Gasteiger partial charge in [-0.2, -0.15) is 0 Å². The molecule has 9 nitrogen and oxygen atoms in total. The van der Waals surface area contributed by atoms with Crippen LogP contribution in [0.25, 0.3) is 0 Å². The van der Waals surface area contributed by atoms with E-state index < -0.39 is 28.5 Å². The summed E-state index contributed by atoms with van der Waals surface area (Å²) in [5.74, 6) is -0.137. The van der Waals surface area contributed by atoms with Crippen molar-refractivity contribution >= 4 is 27.5 Å². The summed E-state index contributed by atoms with van der Waals surface area (Å²) in [6.45, 7) is 6.86. The van der Waals surface area contributed by atoms with Gasteiger partial charge in [0.2, 0.25) is 21.8 Å². The summed E-state index contributed by atoms with van der Waals surface area (Å²) in [4.78, 5) is 27.8. The molecule has 0 aliphatic rings. The summed E-state index contributed by atoms with van der Waals surface area (Å²) in [5.41, 5.74) is 2.01. The van der Waals surface area contributed by atoms with Gasteiger partial charge in [0.15, 0.2) is 0 Å². The second-order valence-electron chi connectivity index (χ2n) is 8.59. The second-order valence-corrected chi connectivity index (χ2v) is 10.5. The first-order valence-corrected chi connectivity index (χ1v) is 13.1. The van der Waals surface area contributed by atoms with E-state index in [1.807, 2.05) is 45.0 Å². The average Bonchev–Trinajstić information content (AvgIpc) is 2.79. The highest BCUT2D eigenvalue weighted by atomic mass is 32.2. The van der Waals surface area contributed by atoms with Gasteiger partial charge in [-0.15, -0.1) is 0 Å². The lowest BCUT2D eigenvalue weighted by molar-refractivity contribution is -0.139. The maximum atomic E-state index is 13.6. The van der Waals surface area contributed by atoms with E-state index in [0.29, 0.717) is 5.75 Å². The number of aryl methyl sites for hydroxylation is 1. The van der Waals surface area contributed by atoms with Crippen molar-refractivity contribution < 1.29 is 27.5 Å². The Labute approximate surface area is 208 Å². The number of nitrogens with zero attached hydrogens (tertiary/aromatic N) is 2. The Morgan fingerprint density at radius 2 is 1.69 bits per heavy atom. The van der Waals surface area contributed by atoms with E-state index in [1.165, 1.54) is 25.2 Å². The largest absolute Gasteiger partial charge is 0.497 e. The van der Waals surface area contributed by atoms with E-state index in [0.717, 1.165) is 21.7 Å². The number of carbonyl (C=O) groups is 2. The number of benzene rings is 2. The first-order valence-electron chi connectivity index (χ1n) is 11.2. The number of amides is 2. The quantitative estimate of drug-likeness (QED) is 0.504. The molecule has 2 aromatic rings. The molecule has 1 unspecified atom stereocenters. The van der Waals surface area contributed by atoms with Crippen molar-refractivity contribution in [1.82, 2.24) is 10.2 Å². The number of nitrogens with one attached hydrogen (secondary N) is 1. The number of hydrogen-bond acceptors (Lipinski definition) is 6. The van der Waals surface area contributed by atoms with E-state index in [9.17, 15) is 18.0 Å². The molecule has 0 spiro atoms. The highest BCUT2D eigenvalue weighted by Gasteiger charge is 2.31. The van der Waals surface area contributed by atoms with Crippen LogP contribution in [0.5, 0.6) is 11.5 Å². The third-order valence-corrected chi connectivity index (χ3v) is 6.66. The molecule has 2 rings (SSSR count). The van der Waals surface area contributed by atoms with Crippen molar-refractivity contribution in [2.45, 2.75) is 46.3 Å². The van der Waals surface area contributed by atoms with E-state index in [2.05, 4.69) is 5.32 Å². The predicted molar refractivity (Wildman–Crippen MR) is 136 cm³/mol. The third-order valence-electron chi connectivity index (χ3n) is 5.53. The van der Waals surface area contributed by atoms with Gasteiger partial charge in [0.25, 0.3) is 0 Å². The number of carbonyl (C=O) groups excluding carboxylic acids is 2. The minimum atomic E-state index is -3.88. The number of anilines is 1. The predicted octanol–water partition coefficient (Wildman–Crippen LogP) is 2.72. The van der Waals surface area contributed by atoms with Gasteiger partial charge in [0, 0.05) is 18.7 Å². The first kappa shape index (κ1) is 28.0. The molecule has 0 heterocycles. The molecule has 0 aliphatic heterocycles. The fraction of sp³-hybridized carbons (Fsp3) is 0.440. The Balaban J connectivity index is 2.48. The molecule has 0 saturated heterocycles. The number of rotatable bonds is 11. The molecule has 0 saturated carbocycles. The molecule has 35 heavy (non-hydrogen) atoms. The summed E-state index contributed by atoms with van der Waals surface area (Å²) < 4.78 is 37.1. The van der Waals surface area contributed by atoms with Crippen molar-refractivity contribution in [3.63, 3.8) is 0 Å². The first-order chi connectivity index (χ1) is 16.4. The standard InChI is InChI=1S/C25H35N3O6S/c1-17(2)26-25(30)19(4)27(15-20-11-9-8-10-18(20)3)24(29)16-28(35(7,31)32)22-13-12-21(33-5)14-23(22)34-6/h8-14,17,19H,15-16H2,1-7H3,(H,26,30). The van der Waals surface area contributed by atoms with Crippen molar-refractivity contribution in [2.24, 2.45) is 0 Å². The Morgan fingerprint density at radius 3 is 2.23 bits per heavy atom. The van der Waals surface area contributed by atoms with Crippen molar-refractivity contribution in [3.05, 3.63) is 53.6 Å². The fourth-order valence-electron chi connectivity index (χ4n) is 3.54. The fourth-order valence-corrected chi connectivity index (χ4v) is 4.40.